The molecular weight excluding hydrogens is 314 g/mol. The van der Waals surface area contributed by atoms with Gasteiger partial charge in [-0.15, -0.1) is 0 Å². The van der Waals surface area contributed by atoms with Crippen LogP contribution in [0.3, 0.4) is 0 Å². The molecule has 0 amide bonds. The topological polar surface area (TPSA) is 47.0 Å². The lowest BCUT2D eigenvalue weighted by molar-refractivity contribution is -0.145. The van der Waals surface area contributed by atoms with E-state index in [1.807, 2.05) is 12.1 Å². The van der Waals surface area contributed by atoms with E-state index in [2.05, 4.69) is 54.5 Å². The molecule has 1 aromatic rings. The summed E-state index contributed by atoms with van der Waals surface area (Å²) in [6.45, 7) is 14.3. The van der Waals surface area contributed by atoms with Gasteiger partial charge < -0.3 is 14.9 Å². The summed E-state index contributed by atoms with van der Waals surface area (Å²) in [6.07, 6.45) is 1.14. The van der Waals surface area contributed by atoms with Gasteiger partial charge in [-0.3, -0.25) is 9.69 Å². The zero-order chi connectivity index (χ0) is 18.4. The van der Waals surface area contributed by atoms with Crippen LogP contribution in [0.4, 0.5) is 5.69 Å². The van der Waals surface area contributed by atoms with Crippen LogP contribution in [0.2, 0.25) is 0 Å². The first kappa shape index (κ1) is 19.7. The normalized spacial score (nSPS) is 20.4. The maximum absolute atomic E-state index is 12.0. The molecule has 25 heavy (non-hydrogen) atoms. The van der Waals surface area contributed by atoms with Gasteiger partial charge in [0.25, 0.3) is 0 Å². The van der Waals surface area contributed by atoms with E-state index < -0.39 is 12.0 Å². The molecule has 2 rings (SSSR count). The molecule has 2 atom stereocenters. The molecule has 0 saturated carbocycles. The number of carboxylic acids is 1. The Morgan fingerprint density at radius 1 is 1.20 bits per heavy atom. The van der Waals surface area contributed by atoms with Gasteiger partial charge in [-0.2, -0.15) is 0 Å². The maximum Gasteiger partial charge on any atom is 0.325 e. The summed E-state index contributed by atoms with van der Waals surface area (Å²) in [5.74, 6) is -0.758. The fraction of sp³-hybridized carbons (Fsp3) is 0.650. The van der Waals surface area contributed by atoms with Gasteiger partial charge in [0, 0.05) is 44.5 Å². The van der Waals surface area contributed by atoms with Crippen molar-refractivity contribution in [3.8, 4) is 0 Å². The van der Waals surface area contributed by atoms with Crippen molar-refractivity contribution in [3.05, 3.63) is 29.8 Å². The fourth-order valence-corrected chi connectivity index (χ4v) is 3.88. The molecule has 0 spiro atoms. The van der Waals surface area contributed by atoms with Crippen LogP contribution in [0.5, 0.6) is 0 Å². The lowest BCUT2D eigenvalue weighted by atomic mass is 10.0. The molecule has 140 valence electrons. The van der Waals surface area contributed by atoms with E-state index in [1.165, 1.54) is 0 Å². The fourth-order valence-electron chi connectivity index (χ4n) is 3.88. The smallest absolute Gasteiger partial charge is 0.325 e. The third kappa shape index (κ3) is 4.73. The van der Waals surface area contributed by atoms with Crippen LogP contribution in [-0.2, 0) is 4.79 Å². The molecule has 1 saturated heterocycles. The molecule has 1 N–H and O–H groups in total. The Morgan fingerprint density at radius 2 is 1.84 bits per heavy atom. The van der Waals surface area contributed by atoms with Crippen LogP contribution in [-0.4, -0.2) is 66.2 Å². The number of anilines is 1. The van der Waals surface area contributed by atoms with Gasteiger partial charge in [0.1, 0.15) is 6.04 Å². The second-order valence-corrected chi connectivity index (χ2v) is 6.89. The van der Waals surface area contributed by atoms with Crippen LogP contribution in [0, 0.1) is 0 Å². The van der Waals surface area contributed by atoms with Crippen molar-refractivity contribution in [1.82, 2.24) is 9.80 Å². The molecule has 0 radical (unpaired) electrons. The number of hydrogen-bond acceptors (Lipinski definition) is 4. The van der Waals surface area contributed by atoms with E-state index in [4.69, 9.17) is 0 Å². The third-order valence-corrected chi connectivity index (χ3v) is 5.21. The summed E-state index contributed by atoms with van der Waals surface area (Å²) < 4.78 is 0. The lowest BCUT2D eigenvalue weighted by Gasteiger charge is -2.42. The van der Waals surface area contributed by atoms with Gasteiger partial charge in [0.2, 0.25) is 0 Å². The molecule has 1 aliphatic heterocycles. The van der Waals surface area contributed by atoms with Crippen molar-refractivity contribution in [3.63, 3.8) is 0 Å². The number of carboxylic acid groups (broad SMARTS) is 1. The Hall–Kier alpha value is -1.59. The Balaban J connectivity index is 2.17. The molecule has 1 heterocycles. The van der Waals surface area contributed by atoms with Crippen molar-refractivity contribution in [2.45, 2.75) is 46.2 Å². The number of hydrogen-bond donors (Lipinski definition) is 1. The first-order valence-electron chi connectivity index (χ1n) is 9.57. The van der Waals surface area contributed by atoms with Gasteiger partial charge in [-0.25, -0.2) is 0 Å². The minimum atomic E-state index is -0.758. The highest BCUT2D eigenvalue weighted by molar-refractivity contribution is 5.76. The molecule has 0 bridgehead atoms. The molecular formula is C20H33N3O2. The van der Waals surface area contributed by atoms with Gasteiger partial charge >= 0.3 is 5.97 Å². The Bertz CT molecular complexity index is 542. The highest BCUT2D eigenvalue weighted by Crippen LogP contribution is 2.27. The van der Waals surface area contributed by atoms with Gasteiger partial charge in [-0.1, -0.05) is 19.1 Å². The number of rotatable bonds is 8. The third-order valence-electron chi connectivity index (χ3n) is 5.21. The Labute approximate surface area is 152 Å². The molecule has 1 aliphatic rings. The van der Waals surface area contributed by atoms with Crippen LogP contribution in [0.15, 0.2) is 24.3 Å². The van der Waals surface area contributed by atoms with E-state index in [1.54, 1.807) is 0 Å². The quantitative estimate of drug-likeness (QED) is 0.783. The number of nitrogens with zero attached hydrogens (tertiary/aromatic N) is 3. The summed E-state index contributed by atoms with van der Waals surface area (Å²) in [4.78, 5) is 18.9. The Morgan fingerprint density at radius 3 is 2.32 bits per heavy atom. The van der Waals surface area contributed by atoms with Crippen LogP contribution < -0.4 is 4.90 Å². The van der Waals surface area contributed by atoms with Crippen molar-refractivity contribution < 1.29 is 9.90 Å². The molecule has 0 aromatic heterocycles. The summed E-state index contributed by atoms with van der Waals surface area (Å²) in [5.41, 5.74) is 2.03. The summed E-state index contributed by atoms with van der Waals surface area (Å²) >= 11 is 0. The molecule has 5 nitrogen and oxygen atoms in total. The zero-order valence-corrected chi connectivity index (χ0v) is 16.1. The second-order valence-electron chi connectivity index (χ2n) is 6.89. The number of benzene rings is 1. The average Bonchev–Trinajstić information content (AvgIpc) is 2.59. The number of aliphatic carboxylic acids is 1. The molecule has 5 heteroatoms. The zero-order valence-electron chi connectivity index (χ0n) is 16.1. The van der Waals surface area contributed by atoms with Crippen molar-refractivity contribution >= 4 is 11.7 Å². The highest BCUT2D eigenvalue weighted by Gasteiger charge is 2.34. The molecule has 1 aromatic carbocycles. The van der Waals surface area contributed by atoms with E-state index in [0.29, 0.717) is 0 Å². The molecule has 0 aliphatic carbocycles. The first-order chi connectivity index (χ1) is 12.0. The minimum absolute atomic E-state index is 0.240. The largest absolute Gasteiger partial charge is 0.480 e. The summed E-state index contributed by atoms with van der Waals surface area (Å²) in [6, 6.07) is 7.75. The van der Waals surface area contributed by atoms with E-state index in [-0.39, 0.29) is 6.04 Å². The van der Waals surface area contributed by atoms with Crippen molar-refractivity contribution in [1.29, 1.82) is 0 Å². The second kappa shape index (κ2) is 9.20. The van der Waals surface area contributed by atoms with Crippen LogP contribution in [0.1, 0.15) is 45.7 Å². The van der Waals surface area contributed by atoms with Crippen molar-refractivity contribution in [2.24, 2.45) is 0 Å². The standard InChI is InChI=1S/C20H33N3O2/c1-5-12-21-13-14-23(16(4)15-21)19(20(24)25)17-8-10-18(11-9-17)22(6-2)7-3/h8-11,16,19H,5-7,12-15H2,1-4H3,(H,24,25). The summed E-state index contributed by atoms with van der Waals surface area (Å²) in [5, 5.41) is 9.87. The monoisotopic (exact) mass is 347 g/mol. The molecule has 1 fully saturated rings. The predicted molar refractivity (Wildman–Crippen MR) is 103 cm³/mol. The van der Waals surface area contributed by atoms with E-state index in [0.717, 1.165) is 56.9 Å². The maximum atomic E-state index is 12.0. The van der Waals surface area contributed by atoms with Crippen LogP contribution >= 0.6 is 0 Å². The van der Waals surface area contributed by atoms with E-state index in [9.17, 15) is 9.90 Å². The molecule has 2 unspecified atom stereocenters. The highest BCUT2D eigenvalue weighted by atomic mass is 16.4. The average molecular weight is 348 g/mol. The lowest BCUT2D eigenvalue weighted by Crippen LogP contribution is -2.54. The Kier molecular flexibility index (Phi) is 7.26. The summed E-state index contributed by atoms with van der Waals surface area (Å²) in [7, 11) is 0. The SMILES string of the molecule is CCCN1CCN(C(C(=O)O)c2ccc(N(CC)CC)cc2)C(C)C1. The van der Waals surface area contributed by atoms with Gasteiger partial charge in [-0.05, 0) is 51.4 Å². The van der Waals surface area contributed by atoms with Crippen molar-refractivity contribution in [2.75, 3.05) is 44.2 Å². The number of piperazine rings is 1. The van der Waals surface area contributed by atoms with Crippen LogP contribution in [0.25, 0.3) is 0 Å². The van der Waals surface area contributed by atoms with Gasteiger partial charge in [0.05, 0.1) is 0 Å². The van der Waals surface area contributed by atoms with Gasteiger partial charge in [0.15, 0.2) is 0 Å². The number of carbonyl (C=O) groups is 1. The first-order valence-corrected chi connectivity index (χ1v) is 9.57. The minimum Gasteiger partial charge on any atom is -0.480 e. The predicted octanol–water partition coefficient (Wildman–Crippen LogP) is 3.07. The van der Waals surface area contributed by atoms with E-state index >= 15 is 0 Å².